The van der Waals surface area contributed by atoms with Crippen LogP contribution in [0.1, 0.15) is 56.1 Å². The van der Waals surface area contributed by atoms with Gasteiger partial charge in [0.1, 0.15) is 5.25 Å². The lowest BCUT2D eigenvalue weighted by Crippen LogP contribution is -2.42. The van der Waals surface area contributed by atoms with Crippen LogP contribution in [0.15, 0.2) is 18.2 Å². The van der Waals surface area contributed by atoms with E-state index in [1.165, 1.54) is 11.1 Å². The van der Waals surface area contributed by atoms with Crippen molar-refractivity contribution in [2.45, 2.75) is 50.2 Å². The summed E-state index contributed by atoms with van der Waals surface area (Å²) in [5.41, 5.74) is 2.55. The van der Waals surface area contributed by atoms with E-state index in [4.69, 9.17) is 16.3 Å². The van der Waals surface area contributed by atoms with E-state index >= 15 is 0 Å². The summed E-state index contributed by atoms with van der Waals surface area (Å²) in [4.78, 5) is 2.39. The molecule has 0 aromatic heterocycles. The van der Waals surface area contributed by atoms with Crippen molar-refractivity contribution in [3.8, 4) is 0 Å². The zero-order valence-electron chi connectivity index (χ0n) is 15.8. The highest BCUT2D eigenvalue weighted by Gasteiger charge is 2.32. The van der Waals surface area contributed by atoms with Crippen molar-refractivity contribution < 1.29 is 13.2 Å². The normalized spacial score (nSPS) is 20.5. The molecule has 0 unspecified atom stereocenters. The average molecular weight is 400 g/mol. The number of likely N-dealkylation sites (tertiary alicyclic amines) is 1. The van der Waals surface area contributed by atoms with Crippen LogP contribution in [0, 0.1) is 0 Å². The second kappa shape index (κ2) is 8.59. The summed E-state index contributed by atoms with van der Waals surface area (Å²) < 4.78 is 29.2. The molecule has 2 heterocycles. The Kier molecular flexibility index (Phi) is 6.65. The average Bonchev–Trinajstić information content (AvgIpc) is 2.53. The lowest BCUT2D eigenvalue weighted by Gasteiger charge is -2.33. The quantitative estimate of drug-likeness (QED) is 0.698. The van der Waals surface area contributed by atoms with Gasteiger partial charge in [-0.1, -0.05) is 37.6 Å². The van der Waals surface area contributed by atoms with Gasteiger partial charge in [0.2, 0.25) is 0 Å². The van der Waals surface area contributed by atoms with Crippen LogP contribution in [0.3, 0.4) is 0 Å². The molecule has 0 saturated carbocycles. The van der Waals surface area contributed by atoms with Crippen molar-refractivity contribution in [1.82, 2.24) is 4.90 Å². The van der Waals surface area contributed by atoms with E-state index in [0.29, 0.717) is 31.5 Å². The molecule has 3 rings (SSSR count). The van der Waals surface area contributed by atoms with Crippen molar-refractivity contribution in [3.63, 3.8) is 0 Å². The molecule has 0 aliphatic carbocycles. The summed E-state index contributed by atoms with van der Waals surface area (Å²) >= 11 is 6.54. The molecule has 0 N–H and O–H groups in total. The zero-order chi connectivity index (χ0) is 18.7. The number of rotatable bonds is 7. The largest absolute Gasteiger partial charge is 0.379 e. The minimum Gasteiger partial charge on any atom is -0.379 e. The van der Waals surface area contributed by atoms with E-state index in [0.717, 1.165) is 37.5 Å². The summed E-state index contributed by atoms with van der Waals surface area (Å²) in [6, 6.07) is 6.52. The first-order valence-electron chi connectivity index (χ1n) is 9.68. The standard InChI is InChI=1S/C20H30ClNO3S/c1-15(2)17-4-5-19(20(21)12-17)16-6-9-22(10-7-16)8-3-11-26(23,24)18-13-25-14-18/h4-5,12,15-16,18H,3,6-11,13-14H2,1-2H3. The van der Waals surface area contributed by atoms with Gasteiger partial charge in [0.05, 0.1) is 19.0 Å². The number of benzene rings is 1. The monoisotopic (exact) mass is 399 g/mol. The SMILES string of the molecule is CC(C)c1ccc(C2CCN(CCCS(=O)(=O)C3COC3)CC2)c(Cl)c1. The second-order valence-electron chi connectivity index (χ2n) is 7.93. The molecule has 0 atom stereocenters. The third-order valence-corrected chi connectivity index (χ3v) is 8.21. The van der Waals surface area contributed by atoms with Crippen LogP contribution in [-0.4, -0.2) is 57.2 Å². The predicted molar refractivity (Wildman–Crippen MR) is 107 cm³/mol. The Morgan fingerprint density at radius 1 is 1.23 bits per heavy atom. The first-order chi connectivity index (χ1) is 12.4. The molecule has 2 saturated heterocycles. The first-order valence-corrected chi connectivity index (χ1v) is 11.8. The van der Waals surface area contributed by atoms with E-state index in [2.05, 4.69) is 36.9 Å². The number of hydrogen-bond donors (Lipinski definition) is 0. The molecular weight excluding hydrogens is 370 g/mol. The Morgan fingerprint density at radius 3 is 2.46 bits per heavy atom. The predicted octanol–water partition coefficient (Wildman–Crippen LogP) is 3.85. The van der Waals surface area contributed by atoms with Crippen LogP contribution in [0.5, 0.6) is 0 Å². The second-order valence-corrected chi connectivity index (χ2v) is 10.7. The number of sulfone groups is 1. The Labute approximate surface area is 162 Å². The Hall–Kier alpha value is -0.620. The number of hydrogen-bond acceptors (Lipinski definition) is 4. The summed E-state index contributed by atoms with van der Waals surface area (Å²) in [5.74, 6) is 1.28. The molecule has 26 heavy (non-hydrogen) atoms. The van der Waals surface area contributed by atoms with E-state index in [9.17, 15) is 8.42 Å². The van der Waals surface area contributed by atoms with Crippen molar-refractivity contribution in [2.75, 3.05) is 38.6 Å². The topological polar surface area (TPSA) is 46.6 Å². The van der Waals surface area contributed by atoms with Crippen molar-refractivity contribution in [2.24, 2.45) is 0 Å². The van der Waals surface area contributed by atoms with Gasteiger partial charge >= 0.3 is 0 Å². The molecule has 1 aromatic carbocycles. The smallest absolute Gasteiger partial charge is 0.157 e. The van der Waals surface area contributed by atoms with E-state index in [1.807, 2.05) is 0 Å². The van der Waals surface area contributed by atoms with Gasteiger partial charge in [0.15, 0.2) is 9.84 Å². The maximum absolute atomic E-state index is 12.1. The van der Waals surface area contributed by atoms with Crippen LogP contribution < -0.4 is 0 Å². The maximum Gasteiger partial charge on any atom is 0.157 e. The Morgan fingerprint density at radius 2 is 1.92 bits per heavy atom. The van der Waals surface area contributed by atoms with Crippen LogP contribution in [0.4, 0.5) is 0 Å². The Balaban J connectivity index is 1.45. The summed E-state index contributed by atoms with van der Waals surface area (Å²) in [5, 5.41) is 0.632. The van der Waals surface area contributed by atoms with E-state index < -0.39 is 9.84 Å². The molecule has 2 aliphatic rings. The number of halogens is 1. The molecule has 0 spiro atoms. The summed E-state index contributed by atoms with van der Waals surface area (Å²) in [7, 11) is -2.96. The molecule has 1 aromatic rings. The highest BCUT2D eigenvalue weighted by atomic mass is 35.5. The van der Waals surface area contributed by atoms with Gasteiger partial charge in [-0.15, -0.1) is 0 Å². The molecule has 0 radical (unpaired) electrons. The highest BCUT2D eigenvalue weighted by molar-refractivity contribution is 7.92. The lowest BCUT2D eigenvalue weighted by atomic mass is 9.88. The van der Waals surface area contributed by atoms with Gasteiger partial charge < -0.3 is 9.64 Å². The van der Waals surface area contributed by atoms with Crippen molar-refractivity contribution in [3.05, 3.63) is 34.3 Å². The fourth-order valence-corrected chi connectivity index (χ4v) is 5.59. The third-order valence-electron chi connectivity index (χ3n) is 5.74. The highest BCUT2D eigenvalue weighted by Crippen LogP contribution is 2.34. The molecule has 2 aliphatic heterocycles. The molecule has 0 bridgehead atoms. The number of nitrogens with zero attached hydrogens (tertiary/aromatic N) is 1. The lowest BCUT2D eigenvalue weighted by molar-refractivity contribution is 0.0415. The van der Waals surface area contributed by atoms with Gasteiger partial charge in [-0.3, -0.25) is 0 Å². The van der Waals surface area contributed by atoms with Gasteiger partial charge in [0.25, 0.3) is 0 Å². The molecular formula is C20H30ClNO3S. The number of piperidine rings is 1. The first kappa shape index (κ1) is 20.1. The molecule has 146 valence electrons. The third kappa shape index (κ3) is 4.80. The van der Waals surface area contributed by atoms with E-state index in [-0.39, 0.29) is 11.0 Å². The van der Waals surface area contributed by atoms with Crippen LogP contribution in [0.2, 0.25) is 5.02 Å². The summed E-state index contributed by atoms with van der Waals surface area (Å²) in [6.45, 7) is 8.01. The molecule has 4 nitrogen and oxygen atoms in total. The van der Waals surface area contributed by atoms with Gasteiger partial charge in [0, 0.05) is 5.02 Å². The van der Waals surface area contributed by atoms with Crippen LogP contribution in [0.25, 0.3) is 0 Å². The maximum atomic E-state index is 12.1. The van der Waals surface area contributed by atoms with Gasteiger partial charge in [-0.05, 0) is 67.9 Å². The van der Waals surface area contributed by atoms with Crippen LogP contribution >= 0.6 is 11.6 Å². The van der Waals surface area contributed by atoms with Crippen molar-refractivity contribution in [1.29, 1.82) is 0 Å². The van der Waals surface area contributed by atoms with E-state index in [1.54, 1.807) is 0 Å². The summed E-state index contributed by atoms with van der Waals surface area (Å²) in [6.07, 6.45) is 2.89. The van der Waals surface area contributed by atoms with Crippen LogP contribution in [-0.2, 0) is 14.6 Å². The minimum atomic E-state index is -2.96. The minimum absolute atomic E-state index is 0.260. The molecule has 2 fully saturated rings. The number of ether oxygens (including phenoxy) is 1. The fraction of sp³-hybridized carbons (Fsp3) is 0.700. The fourth-order valence-electron chi connectivity index (χ4n) is 3.78. The van der Waals surface area contributed by atoms with Gasteiger partial charge in [-0.25, -0.2) is 8.42 Å². The van der Waals surface area contributed by atoms with Gasteiger partial charge in [-0.2, -0.15) is 0 Å². The molecule has 6 heteroatoms. The van der Waals surface area contributed by atoms with Crippen molar-refractivity contribution >= 4 is 21.4 Å². The zero-order valence-corrected chi connectivity index (χ0v) is 17.4. The molecule has 0 amide bonds. The Bertz CT molecular complexity index is 708.